The normalized spacial score (nSPS) is 12.9. The minimum Gasteiger partial charge on any atom is -0.368 e. The van der Waals surface area contributed by atoms with E-state index >= 15 is 0 Å². The van der Waals surface area contributed by atoms with Gasteiger partial charge < -0.3 is 21.7 Å². The summed E-state index contributed by atoms with van der Waals surface area (Å²) in [6.07, 6.45) is 0.811. The van der Waals surface area contributed by atoms with Crippen molar-refractivity contribution in [3.8, 4) is 0 Å². The number of rotatable bonds is 10. The lowest BCUT2D eigenvalue weighted by Crippen LogP contribution is -2.51. The number of hydrogen-bond donors (Lipinski definition) is 5. The molecule has 0 saturated heterocycles. The number of hydrogen-bond acceptors (Lipinski definition) is 5. The second-order valence-corrected chi connectivity index (χ2v) is 7.39. The Morgan fingerprint density at radius 1 is 1.00 bits per heavy atom. The smallest absolute Gasteiger partial charge is 0.240 e. The van der Waals surface area contributed by atoms with E-state index in [9.17, 15) is 19.2 Å². The van der Waals surface area contributed by atoms with Gasteiger partial charge >= 0.3 is 0 Å². The summed E-state index contributed by atoms with van der Waals surface area (Å²) in [4.78, 5) is 46.8. The molecular formula is C16H30N4O4S. The Kier molecular flexibility index (Phi) is 8.96. The van der Waals surface area contributed by atoms with Crippen molar-refractivity contribution >= 4 is 36.3 Å². The van der Waals surface area contributed by atoms with E-state index in [0.29, 0.717) is 0 Å². The summed E-state index contributed by atoms with van der Waals surface area (Å²) in [7, 11) is 0. The summed E-state index contributed by atoms with van der Waals surface area (Å²) in [6, 6.07) is -0.899. The Morgan fingerprint density at radius 2 is 1.52 bits per heavy atom. The van der Waals surface area contributed by atoms with Crippen LogP contribution in [0.25, 0.3) is 0 Å². The fourth-order valence-corrected chi connectivity index (χ4v) is 2.10. The molecule has 0 aliphatic carbocycles. The van der Waals surface area contributed by atoms with Gasteiger partial charge in [-0.25, -0.2) is 0 Å². The van der Waals surface area contributed by atoms with Crippen molar-refractivity contribution < 1.29 is 19.2 Å². The van der Waals surface area contributed by atoms with Gasteiger partial charge in [-0.15, -0.1) is 0 Å². The molecule has 4 amide bonds. The summed E-state index contributed by atoms with van der Waals surface area (Å²) >= 11 is 3.90. The SMILES string of the molecule is CCC(C)(C)C(C)(C)C(=O)NCC(=O)NCC(=O)NC(CS)C(N)=O. The van der Waals surface area contributed by atoms with Crippen LogP contribution in [0.5, 0.6) is 0 Å². The minimum atomic E-state index is -0.899. The average molecular weight is 375 g/mol. The molecular weight excluding hydrogens is 344 g/mol. The predicted molar refractivity (Wildman–Crippen MR) is 98.9 cm³/mol. The first-order valence-electron chi connectivity index (χ1n) is 8.13. The van der Waals surface area contributed by atoms with Crippen molar-refractivity contribution in [2.24, 2.45) is 16.6 Å². The first-order chi connectivity index (χ1) is 11.4. The fourth-order valence-electron chi connectivity index (χ4n) is 1.82. The van der Waals surface area contributed by atoms with E-state index in [1.54, 1.807) is 0 Å². The molecule has 25 heavy (non-hydrogen) atoms. The van der Waals surface area contributed by atoms with Crippen molar-refractivity contribution in [3.63, 3.8) is 0 Å². The third kappa shape index (κ3) is 6.93. The fraction of sp³-hybridized carbons (Fsp3) is 0.750. The van der Waals surface area contributed by atoms with Crippen LogP contribution in [0.3, 0.4) is 0 Å². The highest BCUT2D eigenvalue weighted by Crippen LogP contribution is 2.41. The second-order valence-electron chi connectivity index (χ2n) is 7.03. The van der Waals surface area contributed by atoms with Crippen LogP contribution in [-0.4, -0.2) is 48.5 Å². The van der Waals surface area contributed by atoms with E-state index in [1.807, 2.05) is 34.6 Å². The van der Waals surface area contributed by atoms with Crippen molar-refractivity contribution in [1.29, 1.82) is 0 Å². The van der Waals surface area contributed by atoms with Crippen LogP contribution in [0.1, 0.15) is 41.0 Å². The van der Waals surface area contributed by atoms with Crippen LogP contribution >= 0.6 is 12.6 Å². The minimum absolute atomic E-state index is 0.0629. The number of carbonyl (C=O) groups excluding carboxylic acids is 4. The van der Waals surface area contributed by atoms with Gasteiger partial charge in [0, 0.05) is 11.2 Å². The lowest BCUT2D eigenvalue weighted by molar-refractivity contribution is -0.137. The molecule has 0 aromatic carbocycles. The lowest BCUT2D eigenvalue weighted by Gasteiger charge is -2.39. The quantitative estimate of drug-likeness (QED) is 0.332. The van der Waals surface area contributed by atoms with E-state index in [4.69, 9.17) is 5.73 Å². The first kappa shape index (κ1) is 23.2. The molecule has 0 rings (SSSR count). The maximum Gasteiger partial charge on any atom is 0.240 e. The molecule has 9 heteroatoms. The number of carbonyl (C=O) groups is 4. The molecule has 0 heterocycles. The van der Waals surface area contributed by atoms with E-state index in [-0.39, 0.29) is 30.2 Å². The van der Waals surface area contributed by atoms with Crippen LogP contribution in [0.2, 0.25) is 0 Å². The van der Waals surface area contributed by atoms with Crippen molar-refractivity contribution in [2.75, 3.05) is 18.8 Å². The molecule has 1 atom stereocenters. The number of nitrogens with one attached hydrogen (secondary N) is 3. The van der Waals surface area contributed by atoms with Gasteiger partial charge in [-0.1, -0.05) is 34.6 Å². The molecule has 0 spiro atoms. The maximum absolute atomic E-state index is 12.3. The van der Waals surface area contributed by atoms with E-state index in [2.05, 4.69) is 28.6 Å². The summed E-state index contributed by atoms with van der Waals surface area (Å²) in [5, 5.41) is 7.30. The lowest BCUT2D eigenvalue weighted by atomic mass is 9.66. The highest BCUT2D eigenvalue weighted by atomic mass is 32.1. The molecule has 0 bridgehead atoms. The third-order valence-corrected chi connectivity index (χ3v) is 5.23. The van der Waals surface area contributed by atoms with Crippen LogP contribution in [0.4, 0.5) is 0 Å². The molecule has 0 fully saturated rings. The van der Waals surface area contributed by atoms with Crippen LogP contribution in [0, 0.1) is 10.8 Å². The molecule has 0 aromatic rings. The molecule has 0 aliphatic heterocycles. The van der Waals surface area contributed by atoms with Crippen LogP contribution in [0.15, 0.2) is 0 Å². The third-order valence-electron chi connectivity index (χ3n) is 4.86. The standard InChI is InChI=1S/C16H30N4O4S/c1-6-15(2,3)16(4,5)14(24)19-7-11(21)18-8-12(22)20-10(9-25)13(17)23/h10,25H,6-9H2,1-5H3,(H2,17,23)(H,18,21)(H,19,24)(H,20,22). The second kappa shape index (κ2) is 9.65. The largest absolute Gasteiger partial charge is 0.368 e. The molecule has 5 N–H and O–H groups in total. The van der Waals surface area contributed by atoms with Gasteiger partial charge in [0.15, 0.2) is 0 Å². The summed E-state index contributed by atoms with van der Waals surface area (Å²) in [5.41, 5.74) is 4.20. The van der Waals surface area contributed by atoms with Gasteiger partial charge in [0.1, 0.15) is 6.04 Å². The van der Waals surface area contributed by atoms with Gasteiger partial charge in [0.2, 0.25) is 23.6 Å². The summed E-state index contributed by atoms with van der Waals surface area (Å²) < 4.78 is 0. The maximum atomic E-state index is 12.3. The highest BCUT2D eigenvalue weighted by Gasteiger charge is 2.41. The van der Waals surface area contributed by atoms with Gasteiger partial charge in [-0.05, 0) is 11.8 Å². The van der Waals surface area contributed by atoms with E-state index < -0.39 is 29.2 Å². The molecule has 144 valence electrons. The Bertz CT molecular complexity index is 520. The average Bonchev–Trinajstić information content (AvgIpc) is 2.54. The van der Waals surface area contributed by atoms with E-state index in [0.717, 1.165) is 6.42 Å². The molecule has 0 saturated carbocycles. The first-order valence-corrected chi connectivity index (χ1v) is 8.76. The zero-order valence-electron chi connectivity index (χ0n) is 15.6. The molecule has 8 nitrogen and oxygen atoms in total. The predicted octanol–water partition coefficient (Wildman–Crippen LogP) is -0.419. The molecule has 1 unspecified atom stereocenters. The van der Waals surface area contributed by atoms with Crippen LogP contribution < -0.4 is 21.7 Å². The summed E-state index contributed by atoms with van der Waals surface area (Å²) in [5.74, 6) is -1.95. The van der Waals surface area contributed by atoms with Crippen molar-refractivity contribution in [1.82, 2.24) is 16.0 Å². The number of thiol groups is 1. The highest BCUT2D eigenvalue weighted by molar-refractivity contribution is 7.80. The zero-order valence-corrected chi connectivity index (χ0v) is 16.5. The number of nitrogens with two attached hydrogens (primary N) is 1. The van der Waals surface area contributed by atoms with Crippen LogP contribution in [-0.2, 0) is 19.2 Å². The Hall–Kier alpha value is -1.77. The zero-order chi connectivity index (χ0) is 19.8. The van der Waals surface area contributed by atoms with Gasteiger partial charge in [0.25, 0.3) is 0 Å². The Labute approximate surface area is 154 Å². The van der Waals surface area contributed by atoms with Crippen molar-refractivity contribution in [3.05, 3.63) is 0 Å². The van der Waals surface area contributed by atoms with Gasteiger partial charge in [0.05, 0.1) is 13.1 Å². The topological polar surface area (TPSA) is 130 Å². The number of primary amides is 1. The van der Waals surface area contributed by atoms with E-state index in [1.165, 1.54) is 0 Å². The molecule has 0 aromatic heterocycles. The molecule has 0 radical (unpaired) electrons. The Morgan fingerprint density at radius 3 is 1.96 bits per heavy atom. The van der Waals surface area contributed by atoms with Gasteiger partial charge in [-0.2, -0.15) is 12.6 Å². The van der Waals surface area contributed by atoms with Crippen molar-refractivity contribution in [2.45, 2.75) is 47.1 Å². The monoisotopic (exact) mass is 374 g/mol. The van der Waals surface area contributed by atoms with Gasteiger partial charge in [-0.3, -0.25) is 19.2 Å². The Balaban J connectivity index is 4.39. The number of amides is 4. The molecule has 0 aliphatic rings. The summed E-state index contributed by atoms with van der Waals surface area (Å²) in [6.45, 7) is 9.10.